The molecule has 0 unspecified atom stereocenters. The summed E-state index contributed by atoms with van der Waals surface area (Å²) >= 11 is 7.32. The second kappa shape index (κ2) is 7.50. The van der Waals surface area contributed by atoms with Crippen LogP contribution in [0.1, 0.15) is 16.1 Å². The van der Waals surface area contributed by atoms with Crippen molar-refractivity contribution in [3.05, 3.63) is 83.0 Å². The summed E-state index contributed by atoms with van der Waals surface area (Å²) in [6.07, 6.45) is 4.32. The lowest BCUT2D eigenvalue weighted by molar-refractivity contribution is 0.0950. The Morgan fingerprint density at radius 3 is 2.56 bits per heavy atom. The van der Waals surface area contributed by atoms with E-state index in [1.807, 2.05) is 34.9 Å². The second-order valence-corrected chi connectivity index (χ2v) is 7.50. The van der Waals surface area contributed by atoms with Crippen LogP contribution in [0.15, 0.2) is 60.9 Å². The number of aromatic nitrogens is 2. The third-order valence-electron chi connectivity index (χ3n) is 4.13. The summed E-state index contributed by atoms with van der Waals surface area (Å²) < 4.78 is 14.9. The Balaban J connectivity index is 1.41. The molecule has 7 heteroatoms. The number of amides is 1. The lowest BCUT2D eigenvalue weighted by atomic mass is 10.1. The zero-order valence-corrected chi connectivity index (χ0v) is 15.7. The average molecular weight is 400 g/mol. The molecule has 2 aromatic heterocycles. The molecule has 0 spiro atoms. The Morgan fingerprint density at radius 2 is 1.85 bits per heavy atom. The summed E-state index contributed by atoms with van der Waals surface area (Å²) in [7, 11) is 0. The summed E-state index contributed by atoms with van der Waals surface area (Å²) in [5, 5.41) is 3.58. The molecule has 0 aliphatic heterocycles. The summed E-state index contributed by atoms with van der Waals surface area (Å²) in [5.74, 6) is -0.471. The summed E-state index contributed by atoms with van der Waals surface area (Å²) in [6, 6.07) is 13.9. The van der Waals surface area contributed by atoms with Gasteiger partial charge in [-0.2, -0.15) is 0 Å². The van der Waals surface area contributed by atoms with E-state index in [2.05, 4.69) is 10.3 Å². The Morgan fingerprint density at radius 1 is 1.11 bits per heavy atom. The van der Waals surface area contributed by atoms with Crippen molar-refractivity contribution in [2.45, 2.75) is 6.42 Å². The molecule has 4 nitrogen and oxygen atoms in total. The van der Waals surface area contributed by atoms with Crippen LogP contribution >= 0.6 is 22.9 Å². The molecule has 0 aliphatic rings. The number of thiazole rings is 1. The molecule has 0 atom stereocenters. The molecule has 1 N–H and O–H groups in total. The van der Waals surface area contributed by atoms with Gasteiger partial charge in [0.25, 0.3) is 5.91 Å². The minimum Gasteiger partial charge on any atom is -0.350 e. The number of fused-ring (bicyclic) bond motifs is 1. The molecule has 0 bridgehead atoms. The van der Waals surface area contributed by atoms with Crippen LogP contribution in [0.25, 0.3) is 15.4 Å². The molecule has 0 saturated heterocycles. The van der Waals surface area contributed by atoms with Gasteiger partial charge in [-0.1, -0.05) is 47.2 Å². The van der Waals surface area contributed by atoms with E-state index >= 15 is 0 Å². The minimum absolute atomic E-state index is 0.205. The van der Waals surface area contributed by atoms with Crippen molar-refractivity contribution in [2.75, 3.05) is 6.54 Å². The maximum absolute atomic E-state index is 13.1. The first kappa shape index (κ1) is 17.7. The molecule has 2 heterocycles. The fraction of sp³-hybridized carbons (Fsp3) is 0.100. The van der Waals surface area contributed by atoms with Crippen molar-refractivity contribution in [3.63, 3.8) is 0 Å². The summed E-state index contributed by atoms with van der Waals surface area (Å²) in [6.45, 7) is 0.520. The standard InChI is InChI=1S/C20H15ClFN3OS/c21-15-5-1-13(2-6-15)9-10-23-19(26)17-11-25-12-18(27-20(25)24-17)14-3-7-16(22)8-4-14/h1-8,11-12H,9-10H2,(H,23,26). The fourth-order valence-electron chi connectivity index (χ4n) is 2.71. The molecule has 0 saturated carbocycles. The molecule has 0 radical (unpaired) electrons. The Hall–Kier alpha value is -2.70. The first-order valence-corrected chi connectivity index (χ1v) is 9.55. The van der Waals surface area contributed by atoms with Gasteiger partial charge in [-0.25, -0.2) is 9.37 Å². The third-order valence-corrected chi connectivity index (χ3v) is 5.43. The predicted molar refractivity (Wildman–Crippen MR) is 106 cm³/mol. The molecule has 1 amide bonds. The van der Waals surface area contributed by atoms with Gasteiger partial charge in [0.05, 0.1) is 4.88 Å². The van der Waals surface area contributed by atoms with Gasteiger partial charge in [-0.15, -0.1) is 0 Å². The van der Waals surface area contributed by atoms with Gasteiger partial charge in [0.15, 0.2) is 4.96 Å². The zero-order chi connectivity index (χ0) is 18.8. The molecular weight excluding hydrogens is 385 g/mol. The van der Waals surface area contributed by atoms with E-state index in [9.17, 15) is 9.18 Å². The number of imidazole rings is 1. The highest BCUT2D eigenvalue weighted by Gasteiger charge is 2.13. The Kier molecular flexibility index (Phi) is 4.92. The number of carbonyl (C=O) groups excluding carboxylic acids is 1. The number of rotatable bonds is 5. The van der Waals surface area contributed by atoms with Crippen LogP contribution in [0, 0.1) is 5.82 Å². The van der Waals surface area contributed by atoms with Gasteiger partial charge >= 0.3 is 0 Å². The SMILES string of the molecule is O=C(NCCc1ccc(Cl)cc1)c1cn2cc(-c3ccc(F)cc3)sc2n1. The molecule has 0 aliphatic carbocycles. The topological polar surface area (TPSA) is 46.4 Å². The Labute approximate surface area is 164 Å². The molecule has 4 aromatic rings. The number of carbonyl (C=O) groups is 1. The normalized spacial score (nSPS) is 11.0. The number of hydrogen-bond acceptors (Lipinski definition) is 3. The van der Waals surface area contributed by atoms with Crippen LogP contribution in [0.3, 0.4) is 0 Å². The van der Waals surface area contributed by atoms with E-state index in [0.717, 1.165) is 27.4 Å². The fourth-order valence-corrected chi connectivity index (χ4v) is 3.81. The van der Waals surface area contributed by atoms with Crippen LogP contribution in [0.4, 0.5) is 4.39 Å². The van der Waals surface area contributed by atoms with E-state index in [1.165, 1.54) is 23.5 Å². The van der Waals surface area contributed by atoms with Crippen molar-refractivity contribution >= 4 is 33.8 Å². The third kappa shape index (κ3) is 4.02. The highest BCUT2D eigenvalue weighted by atomic mass is 35.5. The lowest BCUT2D eigenvalue weighted by Crippen LogP contribution is -2.25. The van der Waals surface area contributed by atoms with Crippen molar-refractivity contribution in [2.24, 2.45) is 0 Å². The molecule has 27 heavy (non-hydrogen) atoms. The first-order chi connectivity index (χ1) is 13.1. The maximum atomic E-state index is 13.1. The van der Waals surface area contributed by atoms with Crippen molar-refractivity contribution in [1.29, 1.82) is 0 Å². The smallest absolute Gasteiger partial charge is 0.271 e. The van der Waals surface area contributed by atoms with E-state index in [1.54, 1.807) is 18.3 Å². The van der Waals surface area contributed by atoms with Gasteiger partial charge in [-0.3, -0.25) is 9.20 Å². The zero-order valence-electron chi connectivity index (χ0n) is 14.2. The minimum atomic E-state index is -0.266. The highest BCUT2D eigenvalue weighted by molar-refractivity contribution is 7.20. The predicted octanol–water partition coefficient (Wildman–Crippen LogP) is 4.83. The van der Waals surface area contributed by atoms with Crippen LogP contribution < -0.4 is 5.32 Å². The van der Waals surface area contributed by atoms with Crippen LogP contribution in [-0.4, -0.2) is 21.8 Å². The number of nitrogens with one attached hydrogen (secondary N) is 1. The number of nitrogens with zero attached hydrogens (tertiary/aromatic N) is 2. The molecular formula is C20H15ClFN3OS. The first-order valence-electron chi connectivity index (χ1n) is 8.35. The van der Waals surface area contributed by atoms with Gasteiger partial charge < -0.3 is 5.32 Å². The molecule has 2 aromatic carbocycles. The average Bonchev–Trinajstić information content (AvgIpc) is 3.23. The molecule has 0 fully saturated rings. The van der Waals surface area contributed by atoms with Crippen LogP contribution in [0.5, 0.6) is 0 Å². The van der Waals surface area contributed by atoms with Gasteiger partial charge in [0, 0.05) is 24.0 Å². The van der Waals surface area contributed by atoms with Gasteiger partial charge in [0.2, 0.25) is 0 Å². The van der Waals surface area contributed by atoms with E-state index < -0.39 is 0 Å². The van der Waals surface area contributed by atoms with E-state index in [0.29, 0.717) is 17.3 Å². The molecule has 4 rings (SSSR count). The van der Waals surface area contributed by atoms with Crippen LogP contribution in [0.2, 0.25) is 5.02 Å². The largest absolute Gasteiger partial charge is 0.350 e. The van der Waals surface area contributed by atoms with Crippen molar-refractivity contribution in [3.8, 4) is 10.4 Å². The number of halogens is 2. The van der Waals surface area contributed by atoms with E-state index in [-0.39, 0.29) is 11.7 Å². The van der Waals surface area contributed by atoms with E-state index in [4.69, 9.17) is 11.6 Å². The summed E-state index contributed by atoms with van der Waals surface area (Å²) in [4.78, 5) is 18.4. The summed E-state index contributed by atoms with van der Waals surface area (Å²) in [5.41, 5.74) is 2.40. The number of hydrogen-bond donors (Lipinski definition) is 1. The van der Waals surface area contributed by atoms with Crippen molar-refractivity contribution in [1.82, 2.24) is 14.7 Å². The monoisotopic (exact) mass is 399 g/mol. The second-order valence-electron chi connectivity index (χ2n) is 6.05. The number of benzene rings is 2. The highest BCUT2D eigenvalue weighted by Crippen LogP contribution is 2.28. The van der Waals surface area contributed by atoms with Gasteiger partial charge in [-0.05, 0) is 41.8 Å². The van der Waals surface area contributed by atoms with Crippen LogP contribution in [-0.2, 0) is 6.42 Å². The Bertz CT molecular complexity index is 1060. The maximum Gasteiger partial charge on any atom is 0.271 e. The van der Waals surface area contributed by atoms with Gasteiger partial charge in [0.1, 0.15) is 11.5 Å². The lowest BCUT2D eigenvalue weighted by Gasteiger charge is -2.03. The van der Waals surface area contributed by atoms with Crippen molar-refractivity contribution < 1.29 is 9.18 Å². The molecule has 136 valence electrons. The quantitative estimate of drug-likeness (QED) is 0.522.